The topological polar surface area (TPSA) is 62.3 Å². The monoisotopic (exact) mass is 283 g/mol. The maximum atomic E-state index is 12.3. The zero-order chi connectivity index (χ0) is 14.8. The van der Waals surface area contributed by atoms with Gasteiger partial charge in [0.2, 0.25) is 11.8 Å². The number of carbonyl (C=O) groups excluding carboxylic acids is 2. The predicted molar refractivity (Wildman–Crippen MR) is 80.7 cm³/mol. The highest BCUT2D eigenvalue weighted by molar-refractivity contribution is 6.02. The third kappa shape index (κ3) is 2.59. The summed E-state index contributed by atoms with van der Waals surface area (Å²) >= 11 is 0. The number of anilines is 1. The van der Waals surface area contributed by atoms with Gasteiger partial charge in [0.05, 0.1) is 17.1 Å². The fraction of sp³-hybridized carbons (Fsp3) is 0.312. The molecule has 1 fully saturated rings. The van der Waals surface area contributed by atoms with Gasteiger partial charge in [0, 0.05) is 31.1 Å². The van der Waals surface area contributed by atoms with Crippen molar-refractivity contribution in [3.05, 3.63) is 36.5 Å². The molecule has 5 heteroatoms. The van der Waals surface area contributed by atoms with Crippen LogP contribution < -0.4 is 5.32 Å². The van der Waals surface area contributed by atoms with E-state index in [0.717, 1.165) is 10.9 Å². The molecule has 2 heterocycles. The Labute approximate surface area is 123 Å². The van der Waals surface area contributed by atoms with Gasteiger partial charge in [-0.1, -0.05) is 18.2 Å². The van der Waals surface area contributed by atoms with Crippen LogP contribution in [-0.2, 0) is 9.59 Å². The van der Waals surface area contributed by atoms with Gasteiger partial charge in [-0.05, 0) is 19.1 Å². The van der Waals surface area contributed by atoms with E-state index in [1.807, 2.05) is 37.3 Å². The molecule has 108 valence electrons. The number of benzene rings is 1. The van der Waals surface area contributed by atoms with Crippen LogP contribution in [0, 0.1) is 5.92 Å². The van der Waals surface area contributed by atoms with Crippen molar-refractivity contribution < 1.29 is 9.59 Å². The van der Waals surface area contributed by atoms with Crippen LogP contribution in [0.2, 0.25) is 0 Å². The highest BCUT2D eigenvalue weighted by atomic mass is 16.2. The van der Waals surface area contributed by atoms with Gasteiger partial charge in [-0.15, -0.1) is 0 Å². The van der Waals surface area contributed by atoms with E-state index in [4.69, 9.17) is 0 Å². The third-order valence-electron chi connectivity index (χ3n) is 3.86. The minimum atomic E-state index is -0.281. The van der Waals surface area contributed by atoms with Crippen LogP contribution in [0.25, 0.3) is 10.9 Å². The standard InChI is InChI=1S/C16H17N3O2/c1-2-19-10-12(9-14(19)20)16(21)18-13-7-3-5-11-6-4-8-17-15(11)13/h3-8,12H,2,9-10H2,1H3,(H,18,21). The Bertz CT molecular complexity index is 693. The Morgan fingerprint density at radius 2 is 2.19 bits per heavy atom. The molecule has 1 aromatic carbocycles. The van der Waals surface area contributed by atoms with Crippen molar-refractivity contribution in [2.45, 2.75) is 13.3 Å². The van der Waals surface area contributed by atoms with Crippen LogP contribution >= 0.6 is 0 Å². The van der Waals surface area contributed by atoms with Gasteiger partial charge in [0.1, 0.15) is 0 Å². The molecule has 1 aromatic heterocycles. The van der Waals surface area contributed by atoms with Gasteiger partial charge in [0.15, 0.2) is 0 Å². The van der Waals surface area contributed by atoms with Crippen LogP contribution in [0.4, 0.5) is 5.69 Å². The molecule has 1 aliphatic rings. The summed E-state index contributed by atoms with van der Waals surface area (Å²) < 4.78 is 0. The summed E-state index contributed by atoms with van der Waals surface area (Å²) in [5.74, 6) is -0.345. The Kier molecular flexibility index (Phi) is 3.56. The van der Waals surface area contributed by atoms with Crippen molar-refractivity contribution in [3.63, 3.8) is 0 Å². The summed E-state index contributed by atoms with van der Waals surface area (Å²) in [5, 5.41) is 3.89. The number of fused-ring (bicyclic) bond motifs is 1. The fourth-order valence-electron chi connectivity index (χ4n) is 2.69. The Hall–Kier alpha value is -2.43. The number of hydrogen-bond acceptors (Lipinski definition) is 3. The molecule has 0 spiro atoms. The molecule has 3 rings (SSSR count). The zero-order valence-corrected chi connectivity index (χ0v) is 11.9. The van der Waals surface area contributed by atoms with Gasteiger partial charge >= 0.3 is 0 Å². The molecule has 21 heavy (non-hydrogen) atoms. The molecule has 0 radical (unpaired) electrons. The van der Waals surface area contributed by atoms with Crippen LogP contribution in [-0.4, -0.2) is 34.8 Å². The summed E-state index contributed by atoms with van der Waals surface area (Å²) in [5.41, 5.74) is 1.46. The summed E-state index contributed by atoms with van der Waals surface area (Å²) in [6, 6.07) is 9.49. The number of pyridine rings is 1. The fourth-order valence-corrected chi connectivity index (χ4v) is 2.69. The highest BCUT2D eigenvalue weighted by Crippen LogP contribution is 2.23. The third-order valence-corrected chi connectivity index (χ3v) is 3.86. The minimum Gasteiger partial charge on any atom is -0.342 e. The lowest BCUT2D eigenvalue weighted by atomic mass is 10.1. The van der Waals surface area contributed by atoms with E-state index in [0.29, 0.717) is 18.8 Å². The number of aromatic nitrogens is 1. The lowest BCUT2D eigenvalue weighted by Crippen LogP contribution is -2.28. The second-order valence-electron chi connectivity index (χ2n) is 5.20. The van der Waals surface area contributed by atoms with Crippen molar-refractivity contribution in [2.24, 2.45) is 5.92 Å². The van der Waals surface area contributed by atoms with Crippen LogP contribution in [0.15, 0.2) is 36.5 Å². The van der Waals surface area contributed by atoms with Crippen molar-refractivity contribution in [1.82, 2.24) is 9.88 Å². The molecule has 5 nitrogen and oxygen atoms in total. The lowest BCUT2D eigenvalue weighted by Gasteiger charge is -2.14. The first-order valence-electron chi connectivity index (χ1n) is 7.11. The molecule has 0 aliphatic carbocycles. The van der Waals surface area contributed by atoms with Gasteiger partial charge < -0.3 is 10.2 Å². The van der Waals surface area contributed by atoms with Crippen molar-refractivity contribution >= 4 is 28.4 Å². The van der Waals surface area contributed by atoms with E-state index in [1.165, 1.54) is 0 Å². The SMILES string of the molecule is CCN1CC(C(=O)Nc2cccc3cccnc23)CC1=O. The maximum Gasteiger partial charge on any atom is 0.229 e. The number of nitrogens with one attached hydrogen (secondary N) is 1. The summed E-state index contributed by atoms with van der Waals surface area (Å²) in [6.07, 6.45) is 1.99. The number of likely N-dealkylation sites (tertiary alicyclic amines) is 1. The zero-order valence-electron chi connectivity index (χ0n) is 11.9. The van der Waals surface area contributed by atoms with Crippen LogP contribution in [0.3, 0.4) is 0 Å². The predicted octanol–water partition coefficient (Wildman–Crippen LogP) is 2.04. The van der Waals surface area contributed by atoms with Gasteiger partial charge in [-0.3, -0.25) is 14.6 Å². The maximum absolute atomic E-state index is 12.3. The summed E-state index contributed by atoms with van der Waals surface area (Å²) in [4.78, 5) is 30.1. The first-order valence-corrected chi connectivity index (χ1v) is 7.11. The van der Waals surface area contributed by atoms with E-state index in [-0.39, 0.29) is 24.2 Å². The van der Waals surface area contributed by atoms with Crippen molar-refractivity contribution in [2.75, 3.05) is 18.4 Å². The molecule has 0 saturated carbocycles. The molecule has 1 unspecified atom stereocenters. The number of para-hydroxylation sites is 1. The normalized spacial score (nSPS) is 18.2. The van der Waals surface area contributed by atoms with Crippen LogP contribution in [0.5, 0.6) is 0 Å². The second kappa shape index (κ2) is 5.52. The number of nitrogens with zero attached hydrogens (tertiary/aromatic N) is 2. The Morgan fingerprint density at radius 1 is 1.38 bits per heavy atom. The molecular weight excluding hydrogens is 266 g/mol. The molecule has 1 saturated heterocycles. The number of carbonyl (C=O) groups is 2. The molecule has 2 aromatic rings. The minimum absolute atomic E-state index is 0.0497. The lowest BCUT2D eigenvalue weighted by molar-refractivity contribution is -0.128. The first-order chi connectivity index (χ1) is 10.2. The van der Waals surface area contributed by atoms with Gasteiger partial charge in [0.25, 0.3) is 0 Å². The Morgan fingerprint density at radius 3 is 2.95 bits per heavy atom. The van der Waals surface area contributed by atoms with Crippen LogP contribution in [0.1, 0.15) is 13.3 Å². The number of rotatable bonds is 3. The smallest absolute Gasteiger partial charge is 0.229 e. The van der Waals surface area contributed by atoms with E-state index < -0.39 is 0 Å². The molecule has 1 atom stereocenters. The average molecular weight is 283 g/mol. The molecule has 1 N–H and O–H groups in total. The number of hydrogen-bond donors (Lipinski definition) is 1. The molecule has 1 aliphatic heterocycles. The van der Waals surface area contributed by atoms with E-state index in [2.05, 4.69) is 10.3 Å². The van der Waals surface area contributed by atoms with Crippen molar-refractivity contribution in [3.8, 4) is 0 Å². The molecule has 0 bridgehead atoms. The highest BCUT2D eigenvalue weighted by Gasteiger charge is 2.33. The molecular formula is C16H17N3O2. The summed E-state index contributed by atoms with van der Waals surface area (Å²) in [7, 11) is 0. The van der Waals surface area contributed by atoms with Gasteiger partial charge in [-0.2, -0.15) is 0 Å². The van der Waals surface area contributed by atoms with E-state index in [9.17, 15) is 9.59 Å². The van der Waals surface area contributed by atoms with E-state index >= 15 is 0 Å². The van der Waals surface area contributed by atoms with Gasteiger partial charge in [-0.25, -0.2) is 0 Å². The average Bonchev–Trinajstić information content (AvgIpc) is 2.89. The first kappa shape index (κ1) is 13.5. The second-order valence-corrected chi connectivity index (χ2v) is 5.20. The quantitative estimate of drug-likeness (QED) is 0.937. The summed E-state index contributed by atoms with van der Waals surface area (Å²) in [6.45, 7) is 3.07. The van der Waals surface area contributed by atoms with Crippen molar-refractivity contribution in [1.29, 1.82) is 0 Å². The largest absolute Gasteiger partial charge is 0.342 e. The molecule has 2 amide bonds. The number of amides is 2. The Balaban J connectivity index is 1.80. The van der Waals surface area contributed by atoms with E-state index in [1.54, 1.807) is 11.1 Å².